The van der Waals surface area contributed by atoms with Gasteiger partial charge in [-0.2, -0.15) is 0 Å². The minimum atomic E-state index is -0.649. The van der Waals surface area contributed by atoms with E-state index in [2.05, 4.69) is 0 Å². The fourth-order valence-electron chi connectivity index (χ4n) is 1.49. The molecule has 0 atom stereocenters. The van der Waals surface area contributed by atoms with Crippen molar-refractivity contribution in [2.24, 2.45) is 7.05 Å². The van der Waals surface area contributed by atoms with Crippen molar-refractivity contribution in [1.82, 2.24) is 4.57 Å². The van der Waals surface area contributed by atoms with E-state index in [9.17, 15) is 13.6 Å². The SMILES string of the molecule is Cn1c(C=O)cc2c(F)cc(F)cc21. The van der Waals surface area contributed by atoms with Crippen LogP contribution in [0.3, 0.4) is 0 Å². The Bertz CT molecular complexity index is 516. The molecule has 0 unspecified atom stereocenters. The highest BCUT2D eigenvalue weighted by atomic mass is 19.1. The number of aryl methyl sites for hydroxylation is 1. The highest BCUT2D eigenvalue weighted by Gasteiger charge is 2.10. The molecule has 2 rings (SSSR count). The quantitative estimate of drug-likeness (QED) is 0.640. The van der Waals surface area contributed by atoms with Gasteiger partial charge in [0.2, 0.25) is 0 Å². The summed E-state index contributed by atoms with van der Waals surface area (Å²) in [6.45, 7) is 0. The Hall–Kier alpha value is -1.71. The lowest BCUT2D eigenvalue weighted by Gasteiger charge is -1.98. The van der Waals surface area contributed by atoms with E-state index in [0.29, 0.717) is 17.5 Å². The number of benzene rings is 1. The third-order valence-corrected chi connectivity index (χ3v) is 2.23. The van der Waals surface area contributed by atoms with Gasteiger partial charge in [0.05, 0.1) is 11.2 Å². The first kappa shape index (κ1) is 8.87. The number of carbonyl (C=O) groups excluding carboxylic acids is 1. The molecule has 0 fully saturated rings. The van der Waals surface area contributed by atoms with Crippen molar-refractivity contribution in [1.29, 1.82) is 0 Å². The molecular weight excluding hydrogens is 188 g/mol. The summed E-state index contributed by atoms with van der Waals surface area (Å²) in [4.78, 5) is 10.6. The van der Waals surface area contributed by atoms with Gasteiger partial charge in [0.25, 0.3) is 0 Å². The van der Waals surface area contributed by atoms with Crippen LogP contribution in [-0.4, -0.2) is 10.9 Å². The highest BCUT2D eigenvalue weighted by Crippen LogP contribution is 2.22. The number of carbonyl (C=O) groups is 1. The minimum absolute atomic E-state index is 0.260. The van der Waals surface area contributed by atoms with Crippen LogP contribution < -0.4 is 0 Å². The smallest absolute Gasteiger partial charge is 0.166 e. The van der Waals surface area contributed by atoms with E-state index in [1.54, 1.807) is 7.05 Å². The molecule has 14 heavy (non-hydrogen) atoms. The fourth-order valence-corrected chi connectivity index (χ4v) is 1.49. The molecule has 1 aromatic carbocycles. The Morgan fingerprint density at radius 3 is 2.64 bits per heavy atom. The van der Waals surface area contributed by atoms with Crippen LogP contribution in [0.4, 0.5) is 8.78 Å². The molecule has 0 bridgehead atoms. The first-order valence-corrected chi connectivity index (χ1v) is 4.03. The largest absolute Gasteiger partial charge is 0.341 e. The zero-order valence-corrected chi connectivity index (χ0v) is 7.42. The molecule has 0 saturated carbocycles. The summed E-state index contributed by atoms with van der Waals surface area (Å²) in [5.41, 5.74) is 0.703. The van der Waals surface area contributed by atoms with Gasteiger partial charge in [-0.05, 0) is 12.1 Å². The second-order valence-corrected chi connectivity index (χ2v) is 3.07. The minimum Gasteiger partial charge on any atom is -0.341 e. The summed E-state index contributed by atoms with van der Waals surface area (Å²) < 4.78 is 27.5. The molecule has 4 heteroatoms. The molecule has 2 nitrogen and oxygen atoms in total. The van der Waals surface area contributed by atoms with Crippen LogP contribution in [0, 0.1) is 11.6 Å². The molecule has 0 aliphatic heterocycles. The zero-order valence-electron chi connectivity index (χ0n) is 7.42. The molecule has 0 spiro atoms. The van der Waals surface area contributed by atoms with Crippen LogP contribution in [0.2, 0.25) is 0 Å². The van der Waals surface area contributed by atoms with Crippen molar-refractivity contribution in [3.8, 4) is 0 Å². The maximum absolute atomic E-state index is 13.2. The van der Waals surface area contributed by atoms with Crippen molar-refractivity contribution in [2.45, 2.75) is 0 Å². The van der Waals surface area contributed by atoms with Crippen molar-refractivity contribution in [3.05, 3.63) is 35.5 Å². The monoisotopic (exact) mass is 195 g/mol. The van der Waals surface area contributed by atoms with Crippen LogP contribution in [0.15, 0.2) is 18.2 Å². The molecule has 0 aliphatic carbocycles. The first-order valence-electron chi connectivity index (χ1n) is 4.03. The fraction of sp³-hybridized carbons (Fsp3) is 0.100. The lowest BCUT2D eigenvalue weighted by atomic mass is 10.2. The van der Waals surface area contributed by atoms with Crippen molar-refractivity contribution in [3.63, 3.8) is 0 Å². The number of fused-ring (bicyclic) bond motifs is 1. The highest BCUT2D eigenvalue weighted by molar-refractivity contribution is 5.89. The van der Waals surface area contributed by atoms with E-state index in [-0.39, 0.29) is 5.39 Å². The Balaban J connectivity index is 2.91. The van der Waals surface area contributed by atoms with Crippen molar-refractivity contribution < 1.29 is 13.6 Å². The van der Waals surface area contributed by atoms with Crippen LogP contribution in [0.1, 0.15) is 10.5 Å². The van der Waals surface area contributed by atoms with Gasteiger partial charge in [-0.15, -0.1) is 0 Å². The Morgan fingerprint density at radius 2 is 2.00 bits per heavy atom. The molecule has 0 N–H and O–H groups in total. The predicted molar refractivity (Wildman–Crippen MR) is 48.2 cm³/mol. The predicted octanol–water partition coefficient (Wildman–Crippen LogP) is 2.27. The van der Waals surface area contributed by atoms with Crippen LogP contribution >= 0.6 is 0 Å². The zero-order chi connectivity index (χ0) is 10.3. The van der Waals surface area contributed by atoms with Crippen LogP contribution in [0.25, 0.3) is 10.9 Å². The summed E-state index contributed by atoms with van der Waals surface area (Å²) in [7, 11) is 1.59. The summed E-state index contributed by atoms with van der Waals surface area (Å²) in [5.74, 6) is -1.29. The summed E-state index contributed by atoms with van der Waals surface area (Å²) in [5, 5.41) is 0.260. The number of aromatic nitrogens is 1. The van der Waals surface area contributed by atoms with Gasteiger partial charge in [-0.3, -0.25) is 4.79 Å². The van der Waals surface area contributed by atoms with Gasteiger partial charge in [-0.1, -0.05) is 0 Å². The first-order chi connectivity index (χ1) is 6.63. The number of aldehydes is 1. The molecular formula is C10H7F2NO. The second kappa shape index (κ2) is 2.90. The third-order valence-electron chi connectivity index (χ3n) is 2.23. The van der Waals surface area contributed by atoms with Gasteiger partial charge in [0.15, 0.2) is 6.29 Å². The molecule has 1 heterocycles. The van der Waals surface area contributed by atoms with E-state index < -0.39 is 11.6 Å². The van der Waals surface area contributed by atoms with Gasteiger partial charge in [0.1, 0.15) is 11.6 Å². The standard InChI is InChI=1S/C10H7F2NO/c1-13-7(5-14)4-8-9(12)2-6(11)3-10(8)13/h2-5H,1H3. The Kier molecular flexibility index (Phi) is 1.84. The number of halogens is 2. The van der Waals surface area contributed by atoms with Gasteiger partial charge >= 0.3 is 0 Å². The Labute approximate surface area is 78.8 Å². The van der Waals surface area contributed by atoms with E-state index in [1.165, 1.54) is 16.7 Å². The maximum Gasteiger partial charge on any atom is 0.166 e. The molecule has 72 valence electrons. The molecule has 0 saturated heterocycles. The van der Waals surface area contributed by atoms with Crippen LogP contribution in [-0.2, 0) is 7.05 Å². The van der Waals surface area contributed by atoms with E-state index >= 15 is 0 Å². The van der Waals surface area contributed by atoms with Gasteiger partial charge in [-0.25, -0.2) is 8.78 Å². The summed E-state index contributed by atoms with van der Waals surface area (Å²) >= 11 is 0. The van der Waals surface area contributed by atoms with Crippen molar-refractivity contribution in [2.75, 3.05) is 0 Å². The lowest BCUT2D eigenvalue weighted by Crippen LogP contribution is -1.93. The van der Waals surface area contributed by atoms with Crippen molar-refractivity contribution >= 4 is 17.2 Å². The van der Waals surface area contributed by atoms with Gasteiger partial charge < -0.3 is 4.57 Å². The summed E-state index contributed by atoms with van der Waals surface area (Å²) in [6, 6.07) is 3.40. The van der Waals surface area contributed by atoms with Gasteiger partial charge in [0, 0.05) is 18.5 Å². The molecule has 0 radical (unpaired) electrons. The topological polar surface area (TPSA) is 22.0 Å². The number of hydrogen-bond acceptors (Lipinski definition) is 1. The molecule has 1 aromatic heterocycles. The van der Waals surface area contributed by atoms with E-state index in [0.717, 1.165) is 6.07 Å². The van der Waals surface area contributed by atoms with E-state index in [1.807, 2.05) is 0 Å². The molecule has 0 amide bonds. The molecule has 0 aliphatic rings. The third kappa shape index (κ3) is 1.11. The van der Waals surface area contributed by atoms with E-state index in [4.69, 9.17) is 0 Å². The Morgan fingerprint density at radius 1 is 1.29 bits per heavy atom. The number of hydrogen-bond donors (Lipinski definition) is 0. The molecule has 2 aromatic rings. The number of rotatable bonds is 1. The summed E-state index contributed by atoms with van der Waals surface area (Å²) in [6.07, 6.45) is 0.608. The van der Waals surface area contributed by atoms with Crippen LogP contribution in [0.5, 0.6) is 0 Å². The average molecular weight is 195 g/mol. The average Bonchev–Trinajstić information content (AvgIpc) is 2.44. The maximum atomic E-state index is 13.2. The lowest BCUT2D eigenvalue weighted by molar-refractivity contribution is 0.111. The second-order valence-electron chi connectivity index (χ2n) is 3.07. The normalized spacial score (nSPS) is 10.8. The number of nitrogens with zero attached hydrogens (tertiary/aromatic N) is 1.